The van der Waals surface area contributed by atoms with Crippen LogP contribution in [0.2, 0.25) is 0 Å². The smallest absolute Gasteiger partial charge is 0.315 e. The van der Waals surface area contributed by atoms with Gasteiger partial charge in [0.25, 0.3) is 0 Å². The average molecular weight is 407 g/mol. The van der Waals surface area contributed by atoms with Gasteiger partial charge in [0.05, 0.1) is 17.2 Å². The van der Waals surface area contributed by atoms with Crippen molar-refractivity contribution in [2.24, 2.45) is 0 Å². The molecule has 5 rings (SSSR count). The molecule has 0 aliphatic carbocycles. The Hall–Kier alpha value is -2.89. The molecule has 1 saturated heterocycles. The molecule has 4 aromatic rings. The Kier molecular flexibility index (Phi) is 5.26. The number of rotatable bonds is 3. The van der Waals surface area contributed by atoms with Crippen LogP contribution < -0.4 is 11.0 Å². The topological polar surface area (TPSA) is 51.9 Å². The molecule has 2 aromatic heterocycles. The summed E-state index contributed by atoms with van der Waals surface area (Å²) in [5, 5.41) is 3.35. The first-order valence-electron chi connectivity index (χ1n) is 9.69. The van der Waals surface area contributed by atoms with E-state index in [9.17, 15) is 4.79 Å². The summed E-state index contributed by atoms with van der Waals surface area (Å²) in [4.78, 5) is 17.9. The molecule has 1 unspecified atom stereocenters. The summed E-state index contributed by atoms with van der Waals surface area (Å²) in [5.41, 5.74) is 6.05. The number of aryl methyl sites for hydroxylation is 1. The predicted molar refractivity (Wildman–Crippen MR) is 119 cm³/mol. The van der Waals surface area contributed by atoms with E-state index in [1.807, 2.05) is 34.9 Å². The van der Waals surface area contributed by atoms with E-state index >= 15 is 0 Å². The molecular formula is C23H23ClN4O. The van der Waals surface area contributed by atoms with Crippen LogP contribution in [-0.2, 0) is 0 Å². The Morgan fingerprint density at radius 2 is 1.83 bits per heavy atom. The number of imidazole rings is 1. The molecule has 2 aromatic carbocycles. The zero-order chi connectivity index (χ0) is 19.1. The lowest BCUT2D eigenvalue weighted by Gasteiger charge is -2.09. The van der Waals surface area contributed by atoms with Crippen LogP contribution in [0.1, 0.15) is 18.0 Å². The molecule has 1 atom stereocenters. The maximum atomic E-state index is 13.3. The molecular weight excluding hydrogens is 384 g/mol. The number of benzene rings is 2. The standard InChI is InChI=1S/C23H22N4O.ClH/c1-16-5-2-3-6-20(16)17-8-10-18(11-9-17)26-21-7-4-13-25-22(21)27(23(26)28)19-12-14-24-15-19;/h2-11,13,19,24H,12,14-15H2,1H3;1H. The minimum atomic E-state index is -0.0222. The Labute approximate surface area is 175 Å². The van der Waals surface area contributed by atoms with Crippen LogP contribution in [-0.4, -0.2) is 27.2 Å². The van der Waals surface area contributed by atoms with Crippen molar-refractivity contribution < 1.29 is 0 Å². The van der Waals surface area contributed by atoms with E-state index in [0.29, 0.717) is 0 Å². The zero-order valence-electron chi connectivity index (χ0n) is 16.2. The van der Waals surface area contributed by atoms with E-state index in [1.54, 1.807) is 10.8 Å². The number of halogens is 1. The third-order valence-corrected chi connectivity index (χ3v) is 5.61. The van der Waals surface area contributed by atoms with Gasteiger partial charge >= 0.3 is 5.69 Å². The van der Waals surface area contributed by atoms with Gasteiger partial charge in [-0.15, -0.1) is 12.4 Å². The van der Waals surface area contributed by atoms with Crippen LogP contribution in [0, 0.1) is 6.92 Å². The molecule has 0 saturated carbocycles. The fraction of sp³-hybridized carbons (Fsp3) is 0.217. The van der Waals surface area contributed by atoms with Crippen molar-refractivity contribution in [2.45, 2.75) is 19.4 Å². The highest BCUT2D eigenvalue weighted by Gasteiger charge is 2.24. The molecule has 1 N–H and O–H groups in total. The minimum Gasteiger partial charge on any atom is -0.315 e. The Morgan fingerprint density at radius 3 is 2.55 bits per heavy atom. The van der Waals surface area contributed by atoms with Crippen LogP contribution in [0.25, 0.3) is 28.0 Å². The van der Waals surface area contributed by atoms with E-state index in [2.05, 4.69) is 47.6 Å². The van der Waals surface area contributed by atoms with Gasteiger partial charge in [-0.3, -0.25) is 9.13 Å². The largest absolute Gasteiger partial charge is 0.335 e. The maximum Gasteiger partial charge on any atom is 0.335 e. The Morgan fingerprint density at radius 1 is 1.03 bits per heavy atom. The van der Waals surface area contributed by atoms with E-state index in [0.717, 1.165) is 41.9 Å². The molecule has 0 radical (unpaired) electrons. The van der Waals surface area contributed by atoms with Crippen molar-refractivity contribution >= 4 is 23.6 Å². The van der Waals surface area contributed by atoms with Crippen LogP contribution in [0.3, 0.4) is 0 Å². The molecule has 3 heterocycles. The summed E-state index contributed by atoms with van der Waals surface area (Å²) in [6.07, 6.45) is 2.70. The average Bonchev–Trinajstić information content (AvgIpc) is 3.34. The second-order valence-electron chi connectivity index (χ2n) is 7.34. The summed E-state index contributed by atoms with van der Waals surface area (Å²) in [5.74, 6) is 0. The van der Waals surface area contributed by atoms with Crippen molar-refractivity contribution in [3.05, 3.63) is 82.9 Å². The number of hydrogen-bond donors (Lipinski definition) is 1. The molecule has 5 nitrogen and oxygen atoms in total. The highest BCUT2D eigenvalue weighted by atomic mass is 35.5. The molecule has 1 aliphatic rings. The summed E-state index contributed by atoms with van der Waals surface area (Å²) < 4.78 is 3.63. The first kappa shape index (κ1) is 19.4. The molecule has 0 spiro atoms. The lowest BCUT2D eigenvalue weighted by Crippen LogP contribution is -2.28. The fourth-order valence-corrected chi connectivity index (χ4v) is 4.18. The van der Waals surface area contributed by atoms with E-state index in [4.69, 9.17) is 0 Å². The predicted octanol–water partition coefficient (Wildman–Crippen LogP) is 4.12. The second kappa shape index (κ2) is 7.85. The van der Waals surface area contributed by atoms with Gasteiger partial charge in [-0.25, -0.2) is 9.78 Å². The molecule has 6 heteroatoms. The molecule has 1 fully saturated rings. The Bertz CT molecular complexity index is 1200. The number of fused-ring (bicyclic) bond motifs is 1. The second-order valence-corrected chi connectivity index (χ2v) is 7.34. The normalized spacial score (nSPS) is 16.1. The van der Waals surface area contributed by atoms with Gasteiger partial charge < -0.3 is 5.32 Å². The van der Waals surface area contributed by atoms with Gasteiger partial charge in [-0.2, -0.15) is 0 Å². The molecule has 29 heavy (non-hydrogen) atoms. The summed E-state index contributed by atoms with van der Waals surface area (Å²) in [6, 6.07) is 20.6. The lowest BCUT2D eigenvalue weighted by atomic mass is 10.0. The van der Waals surface area contributed by atoms with Gasteiger partial charge in [-0.1, -0.05) is 36.4 Å². The van der Waals surface area contributed by atoms with Crippen molar-refractivity contribution in [1.82, 2.24) is 19.4 Å². The SMILES string of the molecule is Cc1ccccc1-c1ccc(-n2c(=O)n(C3CCNC3)c3ncccc32)cc1.Cl. The summed E-state index contributed by atoms with van der Waals surface area (Å²) in [7, 11) is 0. The molecule has 1 aliphatic heterocycles. The number of hydrogen-bond acceptors (Lipinski definition) is 3. The van der Waals surface area contributed by atoms with Crippen molar-refractivity contribution in [2.75, 3.05) is 13.1 Å². The molecule has 0 bridgehead atoms. The lowest BCUT2D eigenvalue weighted by molar-refractivity contribution is 0.537. The van der Waals surface area contributed by atoms with Crippen LogP contribution in [0.15, 0.2) is 71.7 Å². The number of pyridine rings is 1. The quantitative estimate of drug-likeness (QED) is 0.556. The zero-order valence-corrected chi connectivity index (χ0v) is 17.0. The van der Waals surface area contributed by atoms with Gasteiger partial charge in [0.15, 0.2) is 5.65 Å². The third kappa shape index (κ3) is 3.26. The number of nitrogens with zero attached hydrogens (tertiary/aromatic N) is 3. The third-order valence-electron chi connectivity index (χ3n) is 5.61. The van der Waals surface area contributed by atoms with Gasteiger partial charge in [0, 0.05) is 12.7 Å². The van der Waals surface area contributed by atoms with Crippen LogP contribution >= 0.6 is 12.4 Å². The van der Waals surface area contributed by atoms with Crippen molar-refractivity contribution in [3.8, 4) is 16.8 Å². The van der Waals surface area contributed by atoms with Gasteiger partial charge in [0.1, 0.15) is 0 Å². The Balaban J connectivity index is 0.00000205. The number of aromatic nitrogens is 3. The molecule has 148 valence electrons. The van der Waals surface area contributed by atoms with Gasteiger partial charge in [0.2, 0.25) is 0 Å². The fourth-order valence-electron chi connectivity index (χ4n) is 4.18. The van der Waals surface area contributed by atoms with Gasteiger partial charge in [-0.05, 0) is 60.8 Å². The van der Waals surface area contributed by atoms with Crippen molar-refractivity contribution in [3.63, 3.8) is 0 Å². The van der Waals surface area contributed by atoms with Crippen LogP contribution in [0.5, 0.6) is 0 Å². The minimum absolute atomic E-state index is 0. The highest BCUT2D eigenvalue weighted by Crippen LogP contribution is 2.26. The monoisotopic (exact) mass is 406 g/mol. The van der Waals surface area contributed by atoms with Crippen molar-refractivity contribution in [1.29, 1.82) is 0 Å². The summed E-state index contributed by atoms with van der Waals surface area (Å²) in [6.45, 7) is 3.85. The summed E-state index contributed by atoms with van der Waals surface area (Å²) >= 11 is 0. The van der Waals surface area contributed by atoms with E-state index in [-0.39, 0.29) is 24.1 Å². The first-order chi connectivity index (χ1) is 13.7. The maximum absolute atomic E-state index is 13.3. The van der Waals surface area contributed by atoms with Crippen LogP contribution in [0.4, 0.5) is 0 Å². The first-order valence-corrected chi connectivity index (χ1v) is 9.69. The highest BCUT2D eigenvalue weighted by molar-refractivity contribution is 5.85. The van der Waals surface area contributed by atoms with E-state index in [1.165, 1.54) is 11.1 Å². The van der Waals surface area contributed by atoms with E-state index < -0.39 is 0 Å². The molecule has 0 amide bonds. The number of nitrogens with one attached hydrogen (secondary N) is 1.